The van der Waals surface area contributed by atoms with E-state index in [0.717, 1.165) is 12.1 Å². The molecule has 27 heavy (non-hydrogen) atoms. The van der Waals surface area contributed by atoms with Crippen LogP contribution in [-0.4, -0.2) is 30.7 Å². The van der Waals surface area contributed by atoms with Crippen molar-refractivity contribution in [3.63, 3.8) is 0 Å². The number of alkyl halides is 1. The number of halogens is 3. The predicted octanol–water partition coefficient (Wildman–Crippen LogP) is 2.25. The lowest BCUT2D eigenvalue weighted by atomic mass is 9.80. The zero-order valence-electron chi connectivity index (χ0n) is 15.1. The van der Waals surface area contributed by atoms with E-state index < -0.39 is 35.8 Å². The van der Waals surface area contributed by atoms with Crippen molar-refractivity contribution in [1.29, 1.82) is 0 Å². The van der Waals surface area contributed by atoms with Gasteiger partial charge in [0.1, 0.15) is 11.6 Å². The molecule has 8 heteroatoms. The minimum Gasteiger partial charge on any atom is -0.349 e. The highest BCUT2D eigenvalue weighted by molar-refractivity contribution is 6.00. The zero-order valence-corrected chi connectivity index (χ0v) is 15.1. The van der Waals surface area contributed by atoms with E-state index >= 15 is 0 Å². The Balaban J connectivity index is 1.72. The molecule has 1 aromatic carbocycles. The van der Waals surface area contributed by atoms with Gasteiger partial charge >= 0.3 is 0 Å². The fourth-order valence-electron chi connectivity index (χ4n) is 3.81. The second-order valence-electron chi connectivity index (χ2n) is 7.04. The van der Waals surface area contributed by atoms with E-state index in [2.05, 4.69) is 16.0 Å². The van der Waals surface area contributed by atoms with E-state index in [1.54, 1.807) is 13.8 Å². The molecule has 0 saturated carbocycles. The first-order valence-electron chi connectivity index (χ1n) is 8.90. The molecule has 1 saturated heterocycles. The lowest BCUT2D eigenvalue weighted by Crippen LogP contribution is -2.57. The highest BCUT2D eigenvalue weighted by Crippen LogP contribution is 2.32. The van der Waals surface area contributed by atoms with Crippen molar-refractivity contribution in [2.45, 2.75) is 45.1 Å². The third kappa shape index (κ3) is 4.00. The molecule has 3 unspecified atom stereocenters. The van der Waals surface area contributed by atoms with Gasteiger partial charge in [-0.15, -0.1) is 0 Å². The zero-order chi connectivity index (χ0) is 19.7. The van der Waals surface area contributed by atoms with Crippen molar-refractivity contribution in [3.8, 4) is 0 Å². The molecule has 4 atom stereocenters. The van der Waals surface area contributed by atoms with Crippen LogP contribution in [0.4, 0.5) is 13.2 Å². The van der Waals surface area contributed by atoms with E-state index in [4.69, 9.17) is 0 Å². The van der Waals surface area contributed by atoms with Gasteiger partial charge in [0.15, 0.2) is 6.30 Å². The largest absolute Gasteiger partial charge is 0.349 e. The number of rotatable bonds is 4. The van der Waals surface area contributed by atoms with Gasteiger partial charge in [0.25, 0.3) is 0 Å². The number of fused-ring (bicyclic) bond motifs is 1. The van der Waals surface area contributed by atoms with E-state index in [9.17, 15) is 22.8 Å². The number of amides is 2. The van der Waals surface area contributed by atoms with E-state index in [1.165, 1.54) is 6.07 Å². The van der Waals surface area contributed by atoms with Gasteiger partial charge in [-0.3, -0.25) is 14.9 Å². The number of nitrogens with one attached hydrogen (secondary N) is 3. The van der Waals surface area contributed by atoms with Gasteiger partial charge < -0.3 is 10.6 Å². The smallest absolute Gasteiger partial charge is 0.247 e. The van der Waals surface area contributed by atoms with Crippen LogP contribution in [-0.2, 0) is 9.59 Å². The van der Waals surface area contributed by atoms with Gasteiger partial charge in [0.05, 0.1) is 12.5 Å². The first kappa shape index (κ1) is 19.4. The van der Waals surface area contributed by atoms with Gasteiger partial charge in [-0.2, -0.15) is 0 Å². The average Bonchev–Trinajstić information content (AvgIpc) is 2.58. The molecule has 2 heterocycles. The van der Waals surface area contributed by atoms with Crippen molar-refractivity contribution in [1.82, 2.24) is 16.0 Å². The van der Waals surface area contributed by atoms with E-state index in [1.807, 2.05) is 0 Å². The second kappa shape index (κ2) is 7.72. The van der Waals surface area contributed by atoms with Crippen molar-refractivity contribution < 1.29 is 22.8 Å². The van der Waals surface area contributed by atoms with Gasteiger partial charge in [-0.1, -0.05) is 11.6 Å². The Bertz CT molecular complexity index is 796. The summed E-state index contributed by atoms with van der Waals surface area (Å²) >= 11 is 0. The van der Waals surface area contributed by atoms with Crippen LogP contribution in [0.25, 0.3) is 0 Å². The monoisotopic (exact) mass is 381 g/mol. The lowest BCUT2D eigenvalue weighted by Gasteiger charge is -2.40. The van der Waals surface area contributed by atoms with Crippen molar-refractivity contribution in [2.24, 2.45) is 5.92 Å². The number of hydrogen-bond donors (Lipinski definition) is 3. The molecular weight excluding hydrogens is 359 g/mol. The first-order chi connectivity index (χ1) is 12.8. The Morgan fingerprint density at radius 2 is 2.11 bits per heavy atom. The van der Waals surface area contributed by atoms with Crippen LogP contribution in [0.3, 0.4) is 0 Å². The maximum absolute atomic E-state index is 14.2. The SMILES string of the molecule is CC1=C(CC(=O)N[C@@H](C)c2ccc(F)cc2F)C(=O)NC2CCNC(F)C12. The van der Waals surface area contributed by atoms with Crippen LogP contribution in [0.15, 0.2) is 29.3 Å². The van der Waals surface area contributed by atoms with Crippen LogP contribution in [0, 0.1) is 17.6 Å². The number of benzene rings is 1. The summed E-state index contributed by atoms with van der Waals surface area (Å²) in [5.74, 6) is -2.84. The maximum atomic E-state index is 14.2. The minimum atomic E-state index is -1.28. The third-order valence-electron chi connectivity index (χ3n) is 5.25. The van der Waals surface area contributed by atoms with Crippen LogP contribution < -0.4 is 16.0 Å². The molecule has 0 aromatic heterocycles. The van der Waals surface area contributed by atoms with Gasteiger partial charge in [-0.25, -0.2) is 13.2 Å². The van der Waals surface area contributed by atoms with Crippen LogP contribution >= 0.6 is 0 Å². The van der Waals surface area contributed by atoms with E-state index in [-0.39, 0.29) is 29.5 Å². The van der Waals surface area contributed by atoms with Crippen molar-refractivity contribution in [3.05, 3.63) is 46.5 Å². The van der Waals surface area contributed by atoms with E-state index in [0.29, 0.717) is 18.5 Å². The molecule has 0 bridgehead atoms. The molecule has 3 rings (SSSR count). The third-order valence-corrected chi connectivity index (χ3v) is 5.25. The van der Waals surface area contributed by atoms with Crippen LogP contribution in [0.1, 0.15) is 38.3 Å². The summed E-state index contributed by atoms with van der Waals surface area (Å²) in [4.78, 5) is 24.7. The number of hydrogen-bond acceptors (Lipinski definition) is 3. The van der Waals surface area contributed by atoms with Crippen molar-refractivity contribution in [2.75, 3.05) is 6.54 Å². The Morgan fingerprint density at radius 3 is 2.81 bits per heavy atom. The first-order valence-corrected chi connectivity index (χ1v) is 8.90. The normalized spacial score (nSPS) is 26.3. The number of piperidine rings is 1. The van der Waals surface area contributed by atoms with Gasteiger partial charge in [0.2, 0.25) is 11.8 Å². The number of carbonyl (C=O) groups is 2. The molecule has 2 aliphatic heterocycles. The standard InChI is InChI=1S/C19H22F3N3O2/c1-9-13(19(27)25-15-5-6-23-18(22)17(9)15)8-16(26)24-10(2)12-4-3-11(20)7-14(12)21/h3-4,7,10,15,17-18,23H,5-6,8H2,1-2H3,(H,24,26)(H,25,27)/t10-,15?,17?,18?/m0/s1. The molecule has 5 nitrogen and oxygen atoms in total. The predicted molar refractivity (Wildman–Crippen MR) is 93.2 cm³/mol. The Hall–Kier alpha value is -2.35. The topological polar surface area (TPSA) is 70.2 Å². The fraction of sp³-hybridized carbons (Fsp3) is 0.474. The molecule has 0 radical (unpaired) electrons. The lowest BCUT2D eigenvalue weighted by molar-refractivity contribution is -0.125. The number of carbonyl (C=O) groups excluding carboxylic acids is 2. The maximum Gasteiger partial charge on any atom is 0.247 e. The molecule has 2 amide bonds. The Morgan fingerprint density at radius 1 is 1.37 bits per heavy atom. The summed E-state index contributed by atoms with van der Waals surface area (Å²) < 4.78 is 41.1. The quantitative estimate of drug-likeness (QED) is 0.701. The summed E-state index contributed by atoms with van der Waals surface area (Å²) in [7, 11) is 0. The molecule has 146 valence electrons. The molecule has 0 aliphatic carbocycles. The van der Waals surface area contributed by atoms with Crippen molar-refractivity contribution >= 4 is 11.8 Å². The highest BCUT2D eigenvalue weighted by atomic mass is 19.1. The fourth-order valence-corrected chi connectivity index (χ4v) is 3.81. The highest BCUT2D eigenvalue weighted by Gasteiger charge is 2.41. The summed E-state index contributed by atoms with van der Waals surface area (Å²) in [5, 5.41) is 8.12. The molecule has 3 N–H and O–H groups in total. The molecule has 0 spiro atoms. The van der Waals surface area contributed by atoms with Gasteiger partial charge in [0, 0.05) is 29.2 Å². The van der Waals surface area contributed by atoms with Gasteiger partial charge in [-0.05, 0) is 32.9 Å². The Labute approximate surface area is 155 Å². The summed E-state index contributed by atoms with van der Waals surface area (Å²) in [6, 6.07) is 2.13. The summed E-state index contributed by atoms with van der Waals surface area (Å²) in [6.07, 6.45) is -0.899. The average molecular weight is 381 g/mol. The molecule has 1 fully saturated rings. The summed E-state index contributed by atoms with van der Waals surface area (Å²) in [5.41, 5.74) is 0.926. The van der Waals surface area contributed by atoms with Crippen LogP contribution in [0.5, 0.6) is 0 Å². The molecular formula is C19H22F3N3O2. The molecule has 2 aliphatic rings. The Kier molecular flexibility index (Phi) is 5.55. The minimum absolute atomic E-state index is 0.143. The van der Waals surface area contributed by atoms with Crippen LogP contribution in [0.2, 0.25) is 0 Å². The second-order valence-corrected chi connectivity index (χ2v) is 7.04. The molecule has 1 aromatic rings. The summed E-state index contributed by atoms with van der Waals surface area (Å²) in [6.45, 7) is 3.71.